The number of imide groups is 1. The van der Waals surface area contributed by atoms with Gasteiger partial charge < -0.3 is 10.3 Å². The number of thioether (sulfide) groups is 1. The van der Waals surface area contributed by atoms with Crippen LogP contribution in [0, 0.1) is 0 Å². The molecule has 0 radical (unpaired) electrons. The van der Waals surface area contributed by atoms with Crippen LogP contribution in [0.1, 0.15) is 25.7 Å². The van der Waals surface area contributed by atoms with Gasteiger partial charge in [-0.2, -0.15) is 0 Å². The molecule has 1 saturated carbocycles. The standard InChI is InChI=1S/C18H16F2N4O3S/c19-18(20)5-3-10(4-6-18)15-16(26)24(17(27)28-15)8-14(25)23-11-1-2-12-13(7-11)22-9-21-12/h1-2,7,9H,3-6,8H2,(H,21,22)(H,23,25). The molecule has 28 heavy (non-hydrogen) atoms. The highest BCUT2D eigenvalue weighted by Crippen LogP contribution is 2.42. The van der Waals surface area contributed by atoms with E-state index < -0.39 is 29.5 Å². The number of benzene rings is 1. The molecule has 2 N–H and O–H groups in total. The number of nitrogens with one attached hydrogen (secondary N) is 2. The summed E-state index contributed by atoms with van der Waals surface area (Å²) < 4.78 is 26.6. The lowest BCUT2D eigenvalue weighted by Crippen LogP contribution is -2.36. The Morgan fingerprint density at radius 3 is 2.79 bits per heavy atom. The SMILES string of the molecule is O=C(CN1C(=O)SC(=C2CCC(F)(F)CC2)C1=O)Nc1ccc2nc[nH]c2c1. The molecule has 1 aromatic carbocycles. The molecular formula is C18H16F2N4O3S. The highest BCUT2D eigenvalue weighted by molar-refractivity contribution is 8.18. The number of nitrogens with zero attached hydrogens (tertiary/aromatic N) is 2. The highest BCUT2D eigenvalue weighted by Gasteiger charge is 2.41. The Hall–Kier alpha value is -2.75. The van der Waals surface area contributed by atoms with Crippen molar-refractivity contribution >= 4 is 45.5 Å². The number of rotatable bonds is 3. The van der Waals surface area contributed by atoms with Gasteiger partial charge in [0, 0.05) is 18.5 Å². The Balaban J connectivity index is 1.43. The summed E-state index contributed by atoms with van der Waals surface area (Å²) in [5.41, 5.74) is 2.56. The summed E-state index contributed by atoms with van der Waals surface area (Å²) in [6.45, 7) is -0.432. The molecule has 1 aliphatic carbocycles. The van der Waals surface area contributed by atoms with Crippen LogP contribution in [0.25, 0.3) is 11.0 Å². The molecular weight excluding hydrogens is 390 g/mol. The molecule has 2 aromatic rings. The summed E-state index contributed by atoms with van der Waals surface area (Å²) in [5, 5.41) is 2.07. The third-order valence-electron chi connectivity index (χ3n) is 4.76. The third kappa shape index (κ3) is 3.64. The summed E-state index contributed by atoms with van der Waals surface area (Å²) in [5.74, 6) is -3.84. The van der Waals surface area contributed by atoms with Gasteiger partial charge >= 0.3 is 0 Å². The second kappa shape index (κ2) is 7.01. The van der Waals surface area contributed by atoms with E-state index in [4.69, 9.17) is 0 Å². The molecule has 4 rings (SSSR count). The Labute approximate surface area is 162 Å². The van der Waals surface area contributed by atoms with E-state index >= 15 is 0 Å². The fraction of sp³-hybridized carbons (Fsp3) is 0.333. The molecule has 10 heteroatoms. The molecule has 3 amide bonds. The number of amides is 3. The fourth-order valence-corrected chi connectivity index (χ4v) is 4.23. The van der Waals surface area contributed by atoms with Crippen molar-refractivity contribution in [2.75, 3.05) is 11.9 Å². The summed E-state index contributed by atoms with van der Waals surface area (Å²) in [4.78, 5) is 45.1. The Bertz CT molecular complexity index is 1010. The minimum Gasteiger partial charge on any atom is -0.345 e. The van der Waals surface area contributed by atoms with Crippen molar-refractivity contribution in [1.29, 1.82) is 0 Å². The predicted octanol–water partition coefficient (Wildman–Crippen LogP) is 3.66. The molecule has 0 atom stereocenters. The van der Waals surface area contributed by atoms with Crippen LogP contribution in [-0.4, -0.2) is 44.4 Å². The lowest BCUT2D eigenvalue weighted by molar-refractivity contribution is -0.127. The van der Waals surface area contributed by atoms with E-state index in [-0.39, 0.29) is 30.6 Å². The Kier molecular flexibility index (Phi) is 4.66. The average molecular weight is 406 g/mol. The van der Waals surface area contributed by atoms with Crippen molar-refractivity contribution in [3.05, 3.63) is 35.0 Å². The third-order valence-corrected chi connectivity index (χ3v) is 5.82. The van der Waals surface area contributed by atoms with E-state index in [1.807, 2.05) is 0 Å². The van der Waals surface area contributed by atoms with Crippen LogP contribution in [0.15, 0.2) is 35.0 Å². The first-order valence-corrected chi connectivity index (χ1v) is 9.50. The number of H-pyrrole nitrogens is 1. The van der Waals surface area contributed by atoms with Gasteiger partial charge in [0.25, 0.3) is 11.1 Å². The number of allylic oxidation sites excluding steroid dienone is 1. The van der Waals surface area contributed by atoms with E-state index in [1.54, 1.807) is 18.2 Å². The van der Waals surface area contributed by atoms with Crippen molar-refractivity contribution in [3.8, 4) is 0 Å². The quantitative estimate of drug-likeness (QED) is 0.759. The lowest BCUT2D eigenvalue weighted by Gasteiger charge is -2.24. The summed E-state index contributed by atoms with van der Waals surface area (Å²) >= 11 is 0.719. The zero-order valence-electron chi connectivity index (χ0n) is 14.6. The number of alkyl halides is 2. The normalized spacial score (nSPS) is 19.6. The van der Waals surface area contributed by atoms with Gasteiger partial charge in [-0.25, -0.2) is 13.8 Å². The summed E-state index contributed by atoms with van der Waals surface area (Å²) in [7, 11) is 0. The number of carbonyl (C=O) groups is 3. The average Bonchev–Trinajstić information content (AvgIpc) is 3.21. The van der Waals surface area contributed by atoms with E-state index in [0.717, 1.165) is 27.7 Å². The number of carbonyl (C=O) groups excluding carboxylic acids is 3. The van der Waals surface area contributed by atoms with Gasteiger partial charge in [0.05, 0.1) is 22.3 Å². The second-order valence-corrected chi connectivity index (χ2v) is 7.69. The number of aromatic nitrogens is 2. The highest BCUT2D eigenvalue weighted by atomic mass is 32.2. The zero-order valence-corrected chi connectivity index (χ0v) is 15.4. The molecule has 0 unspecified atom stereocenters. The molecule has 1 aliphatic heterocycles. The molecule has 0 bridgehead atoms. The van der Waals surface area contributed by atoms with Crippen LogP contribution < -0.4 is 5.32 Å². The minimum absolute atomic E-state index is 0.0819. The number of anilines is 1. The molecule has 2 fully saturated rings. The molecule has 146 valence electrons. The number of hydrogen-bond acceptors (Lipinski definition) is 5. The first-order valence-electron chi connectivity index (χ1n) is 8.69. The van der Waals surface area contributed by atoms with Gasteiger partial charge in [-0.1, -0.05) is 5.57 Å². The topological polar surface area (TPSA) is 95.2 Å². The summed E-state index contributed by atoms with van der Waals surface area (Å²) in [6.07, 6.45) is 1.04. The number of aromatic amines is 1. The van der Waals surface area contributed by atoms with E-state index in [1.165, 1.54) is 6.33 Å². The van der Waals surface area contributed by atoms with Gasteiger partial charge in [0.2, 0.25) is 11.8 Å². The van der Waals surface area contributed by atoms with Crippen LogP contribution in [0.4, 0.5) is 19.3 Å². The van der Waals surface area contributed by atoms with Gasteiger partial charge in [-0.15, -0.1) is 0 Å². The number of hydrogen-bond donors (Lipinski definition) is 2. The van der Waals surface area contributed by atoms with E-state index in [2.05, 4.69) is 15.3 Å². The molecule has 7 nitrogen and oxygen atoms in total. The van der Waals surface area contributed by atoms with Crippen molar-refractivity contribution < 1.29 is 23.2 Å². The number of fused-ring (bicyclic) bond motifs is 1. The monoisotopic (exact) mass is 406 g/mol. The van der Waals surface area contributed by atoms with Crippen molar-refractivity contribution in [1.82, 2.24) is 14.9 Å². The molecule has 0 spiro atoms. The molecule has 2 heterocycles. The van der Waals surface area contributed by atoms with Crippen molar-refractivity contribution in [2.24, 2.45) is 0 Å². The maximum Gasteiger partial charge on any atom is 0.294 e. The van der Waals surface area contributed by atoms with Gasteiger partial charge in [-0.3, -0.25) is 19.3 Å². The fourth-order valence-electron chi connectivity index (χ4n) is 3.25. The predicted molar refractivity (Wildman–Crippen MR) is 99.9 cm³/mol. The van der Waals surface area contributed by atoms with Crippen LogP contribution in [-0.2, 0) is 9.59 Å². The first-order chi connectivity index (χ1) is 13.3. The summed E-state index contributed by atoms with van der Waals surface area (Å²) in [6, 6.07) is 5.09. The van der Waals surface area contributed by atoms with Crippen LogP contribution in [0.3, 0.4) is 0 Å². The number of halogens is 2. The van der Waals surface area contributed by atoms with E-state index in [9.17, 15) is 23.2 Å². The first kappa shape index (κ1) is 18.6. The maximum atomic E-state index is 13.3. The van der Waals surface area contributed by atoms with Crippen LogP contribution >= 0.6 is 11.8 Å². The largest absolute Gasteiger partial charge is 0.345 e. The Morgan fingerprint density at radius 2 is 2.04 bits per heavy atom. The van der Waals surface area contributed by atoms with Gasteiger partial charge in [0.1, 0.15) is 6.54 Å². The smallest absolute Gasteiger partial charge is 0.294 e. The molecule has 1 saturated heterocycles. The zero-order chi connectivity index (χ0) is 19.9. The van der Waals surface area contributed by atoms with Crippen molar-refractivity contribution in [2.45, 2.75) is 31.6 Å². The second-order valence-electron chi connectivity index (χ2n) is 6.73. The minimum atomic E-state index is -2.73. The van der Waals surface area contributed by atoms with Gasteiger partial charge in [-0.05, 0) is 42.8 Å². The van der Waals surface area contributed by atoms with Gasteiger partial charge in [0.15, 0.2) is 0 Å². The molecule has 1 aromatic heterocycles. The van der Waals surface area contributed by atoms with Crippen molar-refractivity contribution in [3.63, 3.8) is 0 Å². The maximum absolute atomic E-state index is 13.3. The molecule has 2 aliphatic rings. The lowest BCUT2D eigenvalue weighted by atomic mass is 9.91. The Morgan fingerprint density at radius 1 is 1.29 bits per heavy atom. The van der Waals surface area contributed by atoms with E-state index in [0.29, 0.717) is 11.3 Å². The van der Waals surface area contributed by atoms with Crippen LogP contribution in [0.2, 0.25) is 0 Å². The van der Waals surface area contributed by atoms with Crippen LogP contribution in [0.5, 0.6) is 0 Å². The number of imidazole rings is 1.